The van der Waals surface area contributed by atoms with Crippen LogP contribution in [-0.2, 0) is 4.74 Å². The Morgan fingerprint density at radius 1 is 1.20 bits per heavy atom. The van der Waals surface area contributed by atoms with Gasteiger partial charge in [0.15, 0.2) is 5.78 Å². The smallest absolute Gasteiger partial charge is 0.338 e. The number of hydrogen-bond donors (Lipinski definition) is 1. The number of Topliss-reactive ketones (excluding diaryl/α,β-unsaturated/α-hetero) is 1. The van der Waals surface area contributed by atoms with Crippen molar-refractivity contribution in [1.82, 2.24) is 0 Å². The molecule has 0 saturated carbocycles. The van der Waals surface area contributed by atoms with E-state index in [1.54, 1.807) is 6.92 Å². The van der Waals surface area contributed by atoms with E-state index in [0.29, 0.717) is 17.7 Å². The van der Waals surface area contributed by atoms with Crippen LogP contribution in [0.3, 0.4) is 0 Å². The Morgan fingerprint density at radius 3 is 2.20 bits per heavy atom. The molecule has 0 fully saturated rings. The van der Waals surface area contributed by atoms with Crippen molar-refractivity contribution < 1.29 is 19.4 Å². The average molecular weight is 208 g/mol. The van der Waals surface area contributed by atoms with Crippen LogP contribution < -0.4 is 0 Å². The summed E-state index contributed by atoms with van der Waals surface area (Å²) in [5.74, 6) is -0.786. The topological polar surface area (TPSA) is 63.6 Å². The molecule has 4 heteroatoms. The van der Waals surface area contributed by atoms with Crippen molar-refractivity contribution >= 4 is 11.8 Å². The Balaban J connectivity index is 2.80. The maximum Gasteiger partial charge on any atom is 0.338 e. The summed E-state index contributed by atoms with van der Waals surface area (Å²) in [4.78, 5) is 22.3. The minimum atomic E-state index is -0.529. The third-order valence-corrected chi connectivity index (χ3v) is 1.86. The van der Waals surface area contributed by atoms with Gasteiger partial charge in [0.1, 0.15) is 6.61 Å². The first-order chi connectivity index (χ1) is 7.19. The fourth-order valence-corrected chi connectivity index (χ4v) is 1.10. The predicted molar refractivity (Wildman–Crippen MR) is 53.8 cm³/mol. The lowest BCUT2D eigenvalue weighted by atomic mass is 10.1. The van der Waals surface area contributed by atoms with E-state index in [1.807, 2.05) is 0 Å². The fourth-order valence-electron chi connectivity index (χ4n) is 1.10. The van der Waals surface area contributed by atoms with Gasteiger partial charge >= 0.3 is 5.97 Å². The molecule has 0 radical (unpaired) electrons. The molecule has 1 aromatic rings. The number of ether oxygens (including phenoxy) is 1. The SMILES string of the molecule is CCOC(=O)c1ccc(C(=O)CO)cc1. The van der Waals surface area contributed by atoms with Crippen molar-refractivity contribution in [3.63, 3.8) is 0 Å². The highest BCUT2D eigenvalue weighted by atomic mass is 16.5. The molecule has 0 aliphatic heterocycles. The molecule has 1 N–H and O–H groups in total. The summed E-state index contributed by atoms with van der Waals surface area (Å²) in [5.41, 5.74) is 0.775. The quantitative estimate of drug-likeness (QED) is 0.593. The van der Waals surface area contributed by atoms with E-state index in [1.165, 1.54) is 24.3 Å². The van der Waals surface area contributed by atoms with E-state index in [0.717, 1.165) is 0 Å². The van der Waals surface area contributed by atoms with Crippen molar-refractivity contribution in [2.24, 2.45) is 0 Å². The molecule has 0 aliphatic rings. The molecule has 0 saturated heterocycles. The minimum Gasteiger partial charge on any atom is -0.462 e. The maximum atomic E-state index is 11.2. The van der Waals surface area contributed by atoms with Gasteiger partial charge in [-0.1, -0.05) is 12.1 Å². The van der Waals surface area contributed by atoms with Crippen molar-refractivity contribution in [3.8, 4) is 0 Å². The van der Waals surface area contributed by atoms with Crippen molar-refractivity contribution in [2.75, 3.05) is 13.2 Å². The monoisotopic (exact) mass is 208 g/mol. The van der Waals surface area contributed by atoms with Gasteiger partial charge in [0.2, 0.25) is 0 Å². The molecule has 0 aliphatic carbocycles. The van der Waals surface area contributed by atoms with Crippen LogP contribution >= 0.6 is 0 Å². The summed E-state index contributed by atoms with van der Waals surface area (Å²) in [6.45, 7) is 1.51. The van der Waals surface area contributed by atoms with Gasteiger partial charge < -0.3 is 9.84 Å². The fraction of sp³-hybridized carbons (Fsp3) is 0.273. The zero-order valence-electron chi connectivity index (χ0n) is 8.40. The van der Waals surface area contributed by atoms with Gasteiger partial charge in [0.25, 0.3) is 0 Å². The third-order valence-electron chi connectivity index (χ3n) is 1.86. The van der Waals surface area contributed by atoms with Gasteiger partial charge in [-0.2, -0.15) is 0 Å². The lowest BCUT2D eigenvalue weighted by Crippen LogP contribution is -2.07. The van der Waals surface area contributed by atoms with Crippen LogP contribution in [0.15, 0.2) is 24.3 Å². The second-order valence-corrected chi connectivity index (χ2v) is 2.88. The zero-order chi connectivity index (χ0) is 11.3. The van der Waals surface area contributed by atoms with E-state index < -0.39 is 12.6 Å². The van der Waals surface area contributed by atoms with E-state index in [4.69, 9.17) is 9.84 Å². The van der Waals surface area contributed by atoms with Crippen LogP contribution in [0.1, 0.15) is 27.6 Å². The van der Waals surface area contributed by atoms with Crippen molar-refractivity contribution in [1.29, 1.82) is 0 Å². The molecular weight excluding hydrogens is 196 g/mol. The molecule has 0 unspecified atom stereocenters. The number of ketones is 1. The van der Waals surface area contributed by atoms with Crippen LogP contribution in [0.4, 0.5) is 0 Å². The Labute approximate surface area is 87.5 Å². The molecule has 0 heterocycles. The number of benzene rings is 1. The van der Waals surface area contributed by atoms with Crippen LogP contribution in [0.2, 0.25) is 0 Å². The molecule has 0 aromatic heterocycles. The number of hydrogen-bond acceptors (Lipinski definition) is 4. The third kappa shape index (κ3) is 2.89. The Bertz CT molecular complexity index is 353. The van der Waals surface area contributed by atoms with Crippen LogP contribution in [0, 0.1) is 0 Å². The number of aliphatic hydroxyl groups excluding tert-OH is 1. The summed E-state index contributed by atoms with van der Waals surface area (Å²) < 4.78 is 4.78. The molecule has 15 heavy (non-hydrogen) atoms. The molecule has 4 nitrogen and oxygen atoms in total. The van der Waals surface area contributed by atoms with Gasteiger partial charge in [0, 0.05) is 5.56 Å². The maximum absolute atomic E-state index is 11.2. The molecule has 1 aromatic carbocycles. The highest BCUT2D eigenvalue weighted by Crippen LogP contribution is 2.06. The Kier molecular flexibility index (Phi) is 4.00. The molecule has 80 valence electrons. The second kappa shape index (κ2) is 5.26. The van der Waals surface area contributed by atoms with Gasteiger partial charge in [-0.3, -0.25) is 4.79 Å². The lowest BCUT2D eigenvalue weighted by Gasteiger charge is -2.02. The zero-order valence-corrected chi connectivity index (χ0v) is 8.40. The molecular formula is C11H12O4. The lowest BCUT2D eigenvalue weighted by molar-refractivity contribution is 0.0526. The van der Waals surface area contributed by atoms with E-state index in [2.05, 4.69) is 0 Å². The summed E-state index contributed by atoms with van der Waals surface area (Å²) in [6, 6.07) is 5.98. The summed E-state index contributed by atoms with van der Waals surface area (Å²) >= 11 is 0. The Hall–Kier alpha value is -1.68. The largest absolute Gasteiger partial charge is 0.462 e. The number of carbonyl (C=O) groups is 2. The first-order valence-corrected chi connectivity index (χ1v) is 4.60. The number of esters is 1. The van der Waals surface area contributed by atoms with E-state index in [9.17, 15) is 9.59 Å². The minimum absolute atomic E-state index is 0.316. The van der Waals surface area contributed by atoms with E-state index in [-0.39, 0.29) is 5.78 Å². The number of aliphatic hydroxyl groups is 1. The van der Waals surface area contributed by atoms with Crippen LogP contribution in [0.5, 0.6) is 0 Å². The number of carbonyl (C=O) groups excluding carboxylic acids is 2. The van der Waals surface area contributed by atoms with Gasteiger partial charge in [-0.25, -0.2) is 4.79 Å². The molecule has 0 amide bonds. The normalized spacial score (nSPS) is 9.73. The summed E-state index contributed by atoms with van der Waals surface area (Å²) in [7, 11) is 0. The average Bonchev–Trinajstić information content (AvgIpc) is 2.28. The highest BCUT2D eigenvalue weighted by Gasteiger charge is 2.08. The molecule has 0 atom stereocenters. The second-order valence-electron chi connectivity index (χ2n) is 2.88. The molecule has 0 spiro atoms. The standard InChI is InChI=1S/C11H12O4/c1-2-15-11(14)9-5-3-8(4-6-9)10(13)7-12/h3-6,12H,2,7H2,1H3. The van der Waals surface area contributed by atoms with Crippen LogP contribution in [0.25, 0.3) is 0 Å². The first kappa shape index (κ1) is 11.4. The summed E-state index contributed by atoms with van der Waals surface area (Å²) in [5, 5.41) is 8.61. The van der Waals surface area contributed by atoms with Gasteiger partial charge in [-0.05, 0) is 19.1 Å². The van der Waals surface area contributed by atoms with Gasteiger partial charge in [0.05, 0.1) is 12.2 Å². The first-order valence-electron chi connectivity index (χ1n) is 4.60. The van der Waals surface area contributed by atoms with Crippen LogP contribution in [-0.4, -0.2) is 30.1 Å². The molecule has 0 bridgehead atoms. The van der Waals surface area contributed by atoms with Gasteiger partial charge in [-0.15, -0.1) is 0 Å². The highest BCUT2D eigenvalue weighted by molar-refractivity contribution is 5.98. The van der Waals surface area contributed by atoms with Crippen molar-refractivity contribution in [2.45, 2.75) is 6.92 Å². The van der Waals surface area contributed by atoms with Crippen molar-refractivity contribution in [3.05, 3.63) is 35.4 Å². The molecule has 1 rings (SSSR count). The summed E-state index contributed by atoms with van der Waals surface area (Å²) in [6.07, 6.45) is 0. The predicted octanol–water partition coefficient (Wildman–Crippen LogP) is 1.04. The Morgan fingerprint density at radius 2 is 1.73 bits per heavy atom. The van der Waals surface area contributed by atoms with E-state index >= 15 is 0 Å². The number of rotatable bonds is 4.